The van der Waals surface area contributed by atoms with Crippen LogP contribution in [0.4, 0.5) is 0 Å². The van der Waals surface area contributed by atoms with Gasteiger partial charge in [0.25, 0.3) is 0 Å². The summed E-state index contributed by atoms with van der Waals surface area (Å²) in [7, 11) is 0. The van der Waals surface area contributed by atoms with Gasteiger partial charge in [-0.3, -0.25) is 14.4 Å². The van der Waals surface area contributed by atoms with Crippen LogP contribution in [0.25, 0.3) is 0 Å². The standard InChI is InChI=1S/C55H90O6/c1-4-7-10-13-16-19-22-25-27-29-30-33-36-39-42-45-48-54(57)60-51-52(50-59-53(56)47-44-41-38-35-32-24-21-18-15-12-9-6-3)61-55(58)49-46-43-40-37-34-31-28-26-23-20-17-14-11-8-5-2/h8-9,11-12,14,17-18,20-21,23,26-29,32,35,52H,4-7,10,13,15-16,19,22,24-25,30-31,33-34,36-51H2,1-3H3/b11-8-,12-9-,17-14-,21-18-,23-20-,28-26-,29-27-,35-32-. The van der Waals surface area contributed by atoms with Crippen molar-refractivity contribution in [2.24, 2.45) is 0 Å². The van der Waals surface area contributed by atoms with Crippen LogP contribution in [0.3, 0.4) is 0 Å². The van der Waals surface area contributed by atoms with Crippen LogP contribution in [-0.4, -0.2) is 37.2 Å². The van der Waals surface area contributed by atoms with E-state index in [1.54, 1.807) is 0 Å². The molecule has 0 aromatic rings. The number of carbonyl (C=O) groups is 3. The molecule has 0 heterocycles. The van der Waals surface area contributed by atoms with Crippen LogP contribution in [-0.2, 0) is 28.6 Å². The molecule has 0 fully saturated rings. The van der Waals surface area contributed by atoms with Crippen molar-refractivity contribution in [3.63, 3.8) is 0 Å². The SMILES string of the molecule is CC\C=C/C=C\C=C/C=C\CCCCCCCC(=O)OC(COC(=O)CCCC/C=C\C/C=C\C/C=C\CC)COC(=O)CCCCCCC/C=C\CCCCCCCCC. The van der Waals surface area contributed by atoms with Gasteiger partial charge in [-0.15, -0.1) is 0 Å². The summed E-state index contributed by atoms with van der Waals surface area (Å²) >= 11 is 0. The fourth-order valence-electron chi connectivity index (χ4n) is 6.46. The van der Waals surface area contributed by atoms with E-state index >= 15 is 0 Å². The first-order valence-electron chi connectivity index (χ1n) is 24.8. The summed E-state index contributed by atoms with van der Waals surface area (Å²) in [6, 6.07) is 0. The van der Waals surface area contributed by atoms with Crippen LogP contribution in [0, 0.1) is 0 Å². The zero-order chi connectivity index (χ0) is 44.4. The number of rotatable bonds is 43. The molecule has 0 aliphatic carbocycles. The molecule has 6 nitrogen and oxygen atoms in total. The molecule has 0 spiro atoms. The maximum absolute atomic E-state index is 12.8. The monoisotopic (exact) mass is 847 g/mol. The van der Waals surface area contributed by atoms with Crippen LogP contribution >= 0.6 is 0 Å². The first-order valence-corrected chi connectivity index (χ1v) is 24.8. The zero-order valence-electron chi connectivity index (χ0n) is 39.4. The minimum atomic E-state index is -0.808. The van der Waals surface area contributed by atoms with Crippen molar-refractivity contribution in [1.82, 2.24) is 0 Å². The van der Waals surface area contributed by atoms with Gasteiger partial charge in [0.05, 0.1) is 0 Å². The topological polar surface area (TPSA) is 78.9 Å². The molecule has 0 aromatic heterocycles. The highest BCUT2D eigenvalue weighted by Gasteiger charge is 2.19. The van der Waals surface area contributed by atoms with Gasteiger partial charge in [-0.1, -0.05) is 195 Å². The molecule has 346 valence electrons. The maximum Gasteiger partial charge on any atom is 0.306 e. The number of unbranched alkanes of at least 4 members (excludes halogenated alkanes) is 19. The van der Waals surface area contributed by atoms with Crippen LogP contribution in [0.1, 0.15) is 213 Å². The fraction of sp³-hybridized carbons (Fsp3) is 0.655. The lowest BCUT2D eigenvalue weighted by Crippen LogP contribution is -2.30. The average molecular weight is 847 g/mol. The van der Waals surface area contributed by atoms with E-state index < -0.39 is 6.10 Å². The van der Waals surface area contributed by atoms with E-state index in [9.17, 15) is 14.4 Å². The van der Waals surface area contributed by atoms with Gasteiger partial charge < -0.3 is 14.2 Å². The Morgan fingerprint density at radius 3 is 1.25 bits per heavy atom. The van der Waals surface area contributed by atoms with Gasteiger partial charge in [-0.05, 0) is 96.3 Å². The number of ether oxygens (including phenoxy) is 3. The zero-order valence-corrected chi connectivity index (χ0v) is 39.4. The normalized spacial score (nSPS) is 12.9. The van der Waals surface area contributed by atoms with Gasteiger partial charge in [-0.2, -0.15) is 0 Å². The Kier molecular flexibility index (Phi) is 46.0. The van der Waals surface area contributed by atoms with Gasteiger partial charge >= 0.3 is 17.9 Å². The predicted octanol–water partition coefficient (Wildman–Crippen LogP) is 16.2. The maximum atomic E-state index is 12.8. The lowest BCUT2D eigenvalue weighted by molar-refractivity contribution is -0.167. The van der Waals surface area contributed by atoms with E-state index in [4.69, 9.17) is 14.2 Å². The lowest BCUT2D eigenvalue weighted by atomic mass is 10.1. The molecule has 61 heavy (non-hydrogen) atoms. The summed E-state index contributed by atoms with van der Waals surface area (Å²) in [5.74, 6) is -0.983. The summed E-state index contributed by atoms with van der Waals surface area (Å²) in [4.78, 5) is 37.9. The Labute approximate surface area is 375 Å². The molecule has 0 rings (SSSR count). The smallest absolute Gasteiger partial charge is 0.306 e. The third-order valence-corrected chi connectivity index (χ3v) is 10.1. The summed E-state index contributed by atoms with van der Waals surface area (Å²) in [6.45, 7) is 6.30. The van der Waals surface area contributed by atoms with Crippen molar-refractivity contribution < 1.29 is 28.6 Å². The number of hydrogen-bond donors (Lipinski definition) is 0. The molecule has 0 saturated carbocycles. The van der Waals surface area contributed by atoms with Gasteiger partial charge in [0.1, 0.15) is 13.2 Å². The Bertz CT molecular complexity index is 1250. The van der Waals surface area contributed by atoms with Gasteiger partial charge in [-0.25, -0.2) is 0 Å². The second-order valence-electron chi connectivity index (χ2n) is 16.0. The van der Waals surface area contributed by atoms with Crippen LogP contribution in [0.15, 0.2) is 97.2 Å². The Hall–Kier alpha value is -3.67. The lowest BCUT2D eigenvalue weighted by Gasteiger charge is -2.18. The fourth-order valence-corrected chi connectivity index (χ4v) is 6.46. The highest BCUT2D eigenvalue weighted by atomic mass is 16.6. The quantitative estimate of drug-likeness (QED) is 0.0200. The van der Waals surface area contributed by atoms with E-state index in [1.807, 2.05) is 24.3 Å². The molecule has 0 N–H and O–H groups in total. The van der Waals surface area contributed by atoms with E-state index in [1.165, 1.54) is 57.8 Å². The summed E-state index contributed by atoms with van der Waals surface area (Å²) in [5.41, 5.74) is 0. The second-order valence-corrected chi connectivity index (χ2v) is 16.0. The molecule has 0 aromatic carbocycles. The van der Waals surface area contributed by atoms with Crippen molar-refractivity contribution in [2.75, 3.05) is 13.2 Å². The Balaban J connectivity index is 4.49. The van der Waals surface area contributed by atoms with Crippen LogP contribution < -0.4 is 0 Å². The highest BCUT2D eigenvalue weighted by molar-refractivity contribution is 5.71. The third-order valence-electron chi connectivity index (χ3n) is 10.1. The Morgan fingerprint density at radius 2 is 0.721 bits per heavy atom. The highest BCUT2D eigenvalue weighted by Crippen LogP contribution is 2.13. The Morgan fingerprint density at radius 1 is 0.361 bits per heavy atom. The second kappa shape index (κ2) is 49.0. The van der Waals surface area contributed by atoms with Gasteiger partial charge in [0.15, 0.2) is 6.10 Å². The van der Waals surface area contributed by atoms with E-state index in [2.05, 4.69) is 93.7 Å². The summed E-state index contributed by atoms with van der Waals surface area (Å²) in [5, 5.41) is 0. The van der Waals surface area contributed by atoms with E-state index in [0.717, 1.165) is 116 Å². The molecule has 1 atom stereocenters. The first-order chi connectivity index (χ1) is 30.0. The predicted molar refractivity (Wildman–Crippen MR) is 260 cm³/mol. The molecular weight excluding hydrogens is 757 g/mol. The number of hydrogen-bond acceptors (Lipinski definition) is 6. The van der Waals surface area contributed by atoms with Gasteiger partial charge in [0.2, 0.25) is 0 Å². The molecule has 0 aliphatic rings. The molecule has 1 unspecified atom stereocenters. The largest absolute Gasteiger partial charge is 0.462 e. The molecule has 0 aliphatic heterocycles. The van der Waals surface area contributed by atoms with Crippen molar-refractivity contribution in [3.8, 4) is 0 Å². The van der Waals surface area contributed by atoms with Gasteiger partial charge in [0, 0.05) is 19.3 Å². The molecule has 0 bridgehead atoms. The van der Waals surface area contributed by atoms with Crippen molar-refractivity contribution >= 4 is 17.9 Å². The third kappa shape index (κ3) is 47.2. The number of allylic oxidation sites excluding steroid dienone is 16. The summed E-state index contributed by atoms with van der Waals surface area (Å²) in [6.07, 6.45) is 63.9. The summed E-state index contributed by atoms with van der Waals surface area (Å²) < 4.78 is 16.7. The van der Waals surface area contributed by atoms with Crippen molar-refractivity contribution in [1.29, 1.82) is 0 Å². The molecule has 0 amide bonds. The van der Waals surface area contributed by atoms with Crippen molar-refractivity contribution in [2.45, 2.75) is 219 Å². The van der Waals surface area contributed by atoms with Crippen LogP contribution in [0.5, 0.6) is 0 Å². The number of carbonyl (C=O) groups excluding carboxylic acids is 3. The molecule has 6 heteroatoms. The molecular formula is C55H90O6. The minimum absolute atomic E-state index is 0.105. The average Bonchev–Trinajstić information content (AvgIpc) is 3.26. The van der Waals surface area contributed by atoms with E-state index in [0.29, 0.717) is 12.8 Å². The molecule has 0 radical (unpaired) electrons. The minimum Gasteiger partial charge on any atom is -0.462 e. The molecule has 0 saturated heterocycles. The first kappa shape index (κ1) is 57.3. The van der Waals surface area contributed by atoms with E-state index in [-0.39, 0.29) is 37.5 Å². The van der Waals surface area contributed by atoms with Crippen LogP contribution in [0.2, 0.25) is 0 Å². The van der Waals surface area contributed by atoms with Crippen molar-refractivity contribution in [3.05, 3.63) is 97.2 Å². The number of esters is 3.